The van der Waals surface area contributed by atoms with E-state index in [1.54, 1.807) is 0 Å². The molecule has 0 saturated heterocycles. The Bertz CT molecular complexity index is 248. The fourth-order valence-electron chi connectivity index (χ4n) is 3.76. The first kappa shape index (κ1) is 14.3. The van der Waals surface area contributed by atoms with Gasteiger partial charge in [-0.15, -0.1) is 0 Å². The van der Waals surface area contributed by atoms with E-state index in [1.807, 2.05) is 0 Å². The van der Waals surface area contributed by atoms with Crippen LogP contribution in [0.25, 0.3) is 0 Å². The second kappa shape index (κ2) is 5.92. The van der Waals surface area contributed by atoms with E-state index in [0.717, 1.165) is 6.54 Å². The summed E-state index contributed by atoms with van der Waals surface area (Å²) >= 11 is 0. The highest BCUT2D eigenvalue weighted by Crippen LogP contribution is 2.37. The second-order valence-corrected chi connectivity index (χ2v) is 7.45. The van der Waals surface area contributed by atoms with Crippen LogP contribution in [0, 0.1) is 11.3 Å². The van der Waals surface area contributed by atoms with Gasteiger partial charge in [-0.25, -0.2) is 0 Å². The third kappa shape index (κ3) is 3.71. The van der Waals surface area contributed by atoms with Gasteiger partial charge in [0.2, 0.25) is 0 Å². The van der Waals surface area contributed by atoms with Gasteiger partial charge in [0, 0.05) is 12.6 Å². The Kier molecular flexibility index (Phi) is 4.71. The lowest BCUT2D eigenvalue weighted by Gasteiger charge is -2.39. The first-order chi connectivity index (χ1) is 8.48. The van der Waals surface area contributed by atoms with Gasteiger partial charge in [0.1, 0.15) is 0 Å². The van der Waals surface area contributed by atoms with Crippen molar-refractivity contribution in [1.29, 1.82) is 0 Å². The van der Waals surface area contributed by atoms with Crippen LogP contribution in [0.5, 0.6) is 0 Å². The molecule has 2 rings (SSSR count). The Hall–Kier alpha value is -0.0800. The van der Waals surface area contributed by atoms with Gasteiger partial charge in [-0.3, -0.25) is 0 Å². The van der Waals surface area contributed by atoms with Gasteiger partial charge in [-0.05, 0) is 56.9 Å². The molecule has 0 heterocycles. The fraction of sp³-hybridized carbons (Fsp3) is 1.00. The van der Waals surface area contributed by atoms with Gasteiger partial charge in [-0.1, -0.05) is 26.7 Å². The van der Waals surface area contributed by atoms with Crippen LogP contribution in [-0.4, -0.2) is 35.7 Å². The van der Waals surface area contributed by atoms with Crippen LogP contribution in [0.4, 0.5) is 0 Å². The Morgan fingerprint density at radius 2 is 1.67 bits per heavy atom. The largest absolute Gasteiger partial charge is 0.392 e. The first-order valence-electron chi connectivity index (χ1n) is 7.86. The standard InChI is InChI=1S/C16H31NO/c1-16(2)10-8-14(9-11-16)17(3)12-15(18)13-6-4-5-7-13/h13-15,18H,4-12H2,1-3H3. The highest BCUT2D eigenvalue weighted by atomic mass is 16.3. The molecule has 0 aliphatic heterocycles. The number of rotatable bonds is 4. The summed E-state index contributed by atoms with van der Waals surface area (Å²) in [6, 6.07) is 0.703. The summed E-state index contributed by atoms with van der Waals surface area (Å²) in [4.78, 5) is 2.43. The minimum absolute atomic E-state index is 0.0903. The predicted molar refractivity (Wildman–Crippen MR) is 76.6 cm³/mol. The van der Waals surface area contributed by atoms with Crippen molar-refractivity contribution in [2.75, 3.05) is 13.6 Å². The Labute approximate surface area is 113 Å². The number of hydrogen-bond acceptors (Lipinski definition) is 2. The lowest BCUT2D eigenvalue weighted by molar-refractivity contribution is 0.0425. The molecule has 0 radical (unpaired) electrons. The van der Waals surface area contributed by atoms with Gasteiger partial charge in [0.05, 0.1) is 6.10 Å². The van der Waals surface area contributed by atoms with E-state index in [-0.39, 0.29) is 6.10 Å². The molecule has 1 N–H and O–H groups in total. The molecule has 2 fully saturated rings. The minimum Gasteiger partial charge on any atom is -0.392 e. The fourth-order valence-corrected chi connectivity index (χ4v) is 3.76. The molecular weight excluding hydrogens is 222 g/mol. The van der Waals surface area contributed by atoms with Crippen LogP contribution in [0.2, 0.25) is 0 Å². The maximum atomic E-state index is 10.3. The van der Waals surface area contributed by atoms with Crippen molar-refractivity contribution >= 4 is 0 Å². The quantitative estimate of drug-likeness (QED) is 0.829. The third-order valence-corrected chi connectivity index (χ3v) is 5.35. The van der Waals surface area contributed by atoms with Crippen LogP contribution >= 0.6 is 0 Å². The summed E-state index contributed by atoms with van der Waals surface area (Å²) in [5, 5.41) is 10.3. The van der Waals surface area contributed by atoms with Gasteiger partial charge in [0.25, 0.3) is 0 Å². The highest BCUT2D eigenvalue weighted by Gasteiger charge is 2.31. The molecule has 2 heteroatoms. The summed E-state index contributed by atoms with van der Waals surface area (Å²) in [7, 11) is 2.21. The molecular formula is C16H31NO. The molecule has 1 unspecified atom stereocenters. The Balaban J connectivity index is 1.75. The smallest absolute Gasteiger partial charge is 0.0695 e. The molecule has 2 saturated carbocycles. The summed E-state index contributed by atoms with van der Waals surface area (Å²) in [6.45, 7) is 5.66. The van der Waals surface area contributed by atoms with Crippen molar-refractivity contribution in [1.82, 2.24) is 4.90 Å². The summed E-state index contributed by atoms with van der Waals surface area (Å²) in [5.41, 5.74) is 0.543. The summed E-state index contributed by atoms with van der Waals surface area (Å²) in [5.74, 6) is 0.576. The molecule has 0 aromatic rings. The van der Waals surface area contributed by atoms with E-state index in [4.69, 9.17) is 0 Å². The lowest BCUT2D eigenvalue weighted by atomic mass is 9.75. The van der Waals surface area contributed by atoms with Crippen LogP contribution < -0.4 is 0 Å². The normalized spacial score (nSPS) is 27.8. The van der Waals surface area contributed by atoms with E-state index >= 15 is 0 Å². The lowest BCUT2D eigenvalue weighted by Crippen LogP contribution is -2.42. The van der Waals surface area contributed by atoms with Crippen molar-refractivity contribution in [2.45, 2.75) is 77.4 Å². The SMILES string of the molecule is CN(CC(O)C1CCCC1)C1CCC(C)(C)CC1. The number of nitrogens with zero attached hydrogens (tertiary/aromatic N) is 1. The molecule has 1 atom stereocenters. The zero-order valence-corrected chi connectivity index (χ0v) is 12.5. The second-order valence-electron chi connectivity index (χ2n) is 7.45. The van der Waals surface area contributed by atoms with Crippen LogP contribution in [0.3, 0.4) is 0 Å². The molecule has 0 aromatic heterocycles. The number of aliphatic hydroxyl groups is 1. The minimum atomic E-state index is -0.0903. The van der Waals surface area contributed by atoms with Crippen molar-refractivity contribution in [3.05, 3.63) is 0 Å². The van der Waals surface area contributed by atoms with Crippen molar-refractivity contribution in [3.8, 4) is 0 Å². The van der Waals surface area contributed by atoms with Crippen molar-refractivity contribution in [2.24, 2.45) is 11.3 Å². The van der Waals surface area contributed by atoms with Crippen LogP contribution in [-0.2, 0) is 0 Å². The molecule has 2 aliphatic rings. The maximum absolute atomic E-state index is 10.3. The maximum Gasteiger partial charge on any atom is 0.0695 e. The molecule has 106 valence electrons. The average Bonchev–Trinajstić information content (AvgIpc) is 2.82. The molecule has 0 spiro atoms. The average molecular weight is 253 g/mol. The number of likely N-dealkylation sites (N-methyl/N-ethyl adjacent to an activating group) is 1. The van der Waals surface area contributed by atoms with E-state index in [1.165, 1.54) is 51.4 Å². The molecule has 2 aliphatic carbocycles. The highest BCUT2D eigenvalue weighted by molar-refractivity contribution is 4.85. The summed E-state index contributed by atoms with van der Waals surface area (Å²) in [6.07, 6.45) is 10.3. The van der Waals surface area contributed by atoms with Crippen molar-refractivity contribution < 1.29 is 5.11 Å². The molecule has 18 heavy (non-hydrogen) atoms. The monoisotopic (exact) mass is 253 g/mol. The third-order valence-electron chi connectivity index (χ3n) is 5.35. The first-order valence-corrected chi connectivity index (χ1v) is 7.86. The van der Waals surface area contributed by atoms with Gasteiger partial charge >= 0.3 is 0 Å². The zero-order chi connectivity index (χ0) is 13.2. The van der Waals surface area contributed by atoms with E-state index in [0.29, 0.717) is 17.4 Å². The van der Waals surface area contributed by atoms with Crippen LogP contribution in [0.1, 0.15) is 65.2 Å². The number of aliphatic hydroxyl groups excluding tert-OH is 1. The molecule has 0 aromatic carbocycles. The Morgan fingerprint density at radius 1 is 1.11 bits per heavy atom. The van der Waals surface area contributed by atoms with Gasteiger partial charge in [-0.2, -0.15) is 0 Å². The summed E-state index contributed by atoms with van der Waals surface area (Å²) < 4.78 is 0. The van der Waals surface area contributed by atoms with E-state index in [9.17, 15) is 5.11 Å². The number of hydrogen-bond donors (Lipinski definition) is 1. The molecule has 0 amide bonds. The Morgan fingerprint density at radius 3 is 2.22 bits per heavy atom. The van der Waals surface area contributed by atoms with Crippen molar-refractivity contribution in [3.63, 3.8) is 0 Å². The van der Waals surface area contributed by atoms with E-state index < -0.39 is 0 Å². The van der Waals surface area contributed by atoms with Gasteiger partial charge in [0.15, 0.2) is 0 Å². The zero-order valence-electron chi connectivity index (χ0n) is 12.5. The molecule has 2 nitrogen and oxygen atoms in total. The topological polar surface area (TPSA) is 23.5 Å². The van der Waals surface area contributed by atoms with Crippen LogP contribution in [0.15, 0.2) is 0 Å². The van der Waals surface area contributed by atoms with Gasteiger partial charge < -0.3 is 10.0 Å². The molecule has 0 bridgehead atoms. The predicted octanol–water partition coefficient (Wildman–Crippen LogP) is 3.44. The van der Waals surface area contributed by atoms with E-state index in [2.05, 4.69) is 25.8 Å².